The lowest BCUT2D eigenvalue weighted by atomic mass is 10.1. The van der Waals surface area contributed by atoms with E-state index in [0.717, 1.165) is 11.8 Å². The molecule has 1 fully saturated rings. The number of benzene rings is 1. The fourth-order valence-corrected chi connectivity index (χ4v) is 3.07. The van der Waals surface area contributed by atoms with Gasteiger partial charge < -0.3 is 4.42 Å². The Kier molecular flexibility index (Phi) is 3.13. The second kappa shape index (κ2) is 5.00. The van der Waals surface area contributed by atoms with Crippen LogP contribution < -0.4 is 5.56 Å². The number of aromatic nitrogens is 4. The molecule has 1 aliphatic rings. The average Bonchev–Trinajstić information content (AvgIpc) is 2.96. The molecule has 6 heteroatoms. The molecule has 1 saturated carbocycles. The van der Waals surface area contributed by atoms with Gasteiger partial charge in [-0.2, -0.15) is 5.10 Å². The molecule has 4 rings (SSSR count). The number of nitrogens with zero attached hydrogens (tertiary/aromatic N) is 4. The van der Waals surface area contributed by atoms with Crippen molar-refractivity contribution in [3.05, 3.63) is 40.5 Å². The van der Waals surface area contributed by atoms with Crippen molar-refractivity contribution in [3.63, 3.8) is 0 Å². The lowest BCUT2D eigenvalue weighted by Crippen LogP contribution is -2.25. The first kappa shape index (κ1) is 15.1. The highest BCUT2D eigenvalue weighted by molar-refractivity contribution is 5.91. The Hall–Kier alpha value is -2.50. The van der Waals surface area contributed by atoms with E-state index >= 15 is 0 Å². The largest absolute Gasteiger partial charge is 0.419 e. The summed E-state index contributed by atoms with van der Waals surface area (Å²) in [7, 11) is 0. The van der Waals surface area contributed by atoms with Crippen molar-refractivity contribution in [1.29, 1.82) is 0 Å². The molecule has 1 unspecified atom stereocenters. The lowest BCUT2D eigenvalue weighted by molar-refractivity contribution is 0.469. The summed E-state index contributed by atoms with van der Waals surface area (Å²) in [5, 5.41) is 14.3. The Bertz CT molecular complexity index is 984. The van der Waals surface area contributed by atoms with Gasteiger partial charge in [-0.25, -0.2) is 4.68 Å². The lowest BCUT2D eigenvalue weighted by Gasteiger charge is -2.11. The van der Waals surface area contributed by atoms with Crippen molar-refractivity contribution < 1.29 is 4.42 Å². The maximum absolute atomic E-state index is 12.6. The van der Waals surface area contributed by atoms with Crippen LogP contribution in [0.1, 0.15) is 52.0 Å². The van der Waals surface area contributed by atoms with Gasteiger partial charge in [0, 0.05) is 11.3 Å². The summed E-state index contributed by atoms with van der Waals surface area (Å²) in [5.74, 6) is 1.34. The zero-order valence-corrected chi connectivity index (χ0v) is 14.3. The molecule has 0 saturated heterocycles. The van der Waals surface area contributed by atoms with Crippen molar-refractivity contribution in [2.24, 2.45) is 5.41 Å². The molecule has 0 amide bonds. The molecular weight excluding hydrogens is 304 g/mol. The van der Waals surface area contributed by atoms with Gasteiger partial charge >= 0.3 is 0 Å². The van der Waals surface area contributed by atoms with Crippen LogP contribution in [0.3, 0.4) is 0 Å². The summed E-state index contributed by atoms with van der Waals surface area (Å²) in [6.07, 6.45) is 1.05. The quantitative estimate of drug-likeness (QED) is 0.736. The van der Waals surface area contributed by atoms with Gasteiger partial charge in [-0.05, 0) is 31.7 Å². The summed E-state index contributed by atoms with van der Waals surface area (Å²) >= 11 is 0. The molecule has 124 valence electrons. The van der Waals surface area contributed by atoms with E-state index in [1.165, 1.54) is 4.68 Å². The summed E-state index contributed by atoms with van der Waals surface area (Å²) < 4.78 is 7.39. The molecule has 1 atom stereocenters. The molecule has 1 aliphatic carbocycles. The standard InChI is InChI=1S/C18H20N4O2/c1-10(2)22-17(23)12-8-6-5-7-11(12)14(21-22)16-20-19-15(24-16)13-9-18(13,3)4/h5-8,10,13H,9H2,1-4H3. The monoisotopic (exact) mass is 324 g/mol. The van der Waals surface area contributed by atoms with Crippen molar-refractivity contribution in [2.75, 3.05) is 0 Å². The Balaban J connectivity index is 1.90. The van der Waals surface area contributed by atoms with Crippen LogP contribution in [0.4, 0.5) is 0 Å². The SMILES string of the molecule is CC(C)n1nc(-c2nnc(C3CC3(C)C)o2)c2ccccc2c1=O. The topological polar surface area (TPSA) is 73.8 Å². The van der Waals surface area contributed by atoms with Gasteiger partial charge in [0.1, 0.15) is 0 Å². The molecule has 24 heavy (non-hydrogen) atoms. The van der Waals surface area contributed by atoms with Gasteiger partial charge in [0.05, 0.1) is 11.4 Å². The van der Waals surface area contributed by atoms with Gasteiger partial charge in [0.2, 0.25) is 5.89 Å². The number of hydrogen-bond donors (Lipinski definition) is 0. The predicted molar refractivity (Wildman–Crippen MR) is 90.8 cm³/mol. The maximum atomic E-state index is 12.6. The van der Waals surface area contributed by atoms with Crippen molar-refractivity contribution in [1.82, 2.24) is 20.0 Å². The number of hydrogen-bond acceptors (Lipinski definition) is 5. The summed E-state index contributed by atoms with van der Waals surface area (Å²) in [6.45, 7) is 8.24. The van der Waals surface area contributed by atoms with Gasteiger partial charge in [-0.15, -0.1) is 10.2 Å². The number of rotatable bonds is 3. The van der Waals surface area contributed by atoms with E-state index in [9.17, 15) is 4.79 Å². The third-order valence-corrected chi connectivity index (χ3v) is 4.77. The Morgan fingerprint density at radius 3 is 2.50 bits per heavy atom. The van der Waals surface area contributed by atoms with Crippen LogP contribution in [-0.4, -0.2) is 20.0 Å². The Morgan fingerprint density at radius 1 is 1.21 bits per heavy atom. The highest BCUT2D eigenvalue weighted by atomic mass is 16.4. The third kappa shape index (κ3) is 2.25. The average molecular weight is 324 g/mol. The van der Waals surface area contributed by atoms with Gasteiger partial charge in [-0.1, -0.05) is 32.0 Å². The molecule has 0 N–H and O–H groups in total. The summed E-state index contributed by atoms with van der Waals surface area (Å²) in [5.41, 5.74) is 0.680. The molecule has 2 heterocycles. The van der Waals surface area contributed by atoms with Crippen molar-refractivity contribution >= 4 is 10.8 Å². The van der Waals surface area contributed by atoms with Gasteiger partial charge in [0.25, 0.3) is 11.4 Å². The Labute approximate surface area is 139 Å². The van der Waals surface area contributed by atoms with Gasteiger partial charge in [0.15, 0.2) is 5.69 Å². The molecule has 0 bridgehead atoms. The minimum absolute atomic E-state index is 0.0504. The van der Waals surface area contributed by atoms with Crippen LogP contribution in [0.5, 0.6) is 0 Å². The first-order chi connectivity index (χ1) is 11.4. The van der Waals surface area contributed by atoms with E-state index in [4.69, 9.17) is 4.42 Å². The predicted octanol–water partition coefficient (Wildman–Crippen LogP) is 3.54. The highest BCUT2D eigenvalue weighted by Crippen LogP contribution is 2.58. The fourth-order valence-electron chi connectivity index (χ4n) is 3.07. The molecule has 1 aromatic carbocycles. The van der Waals surface area contributed by atoms with E-state index < -0.39 is 0 Å². The molecule has 2 aromatic heterocycles. The smallest absolute Gasteiger partial charge is 0.274 e. The third-order valence-electron chi connectivity index (χ3n) is 4.77. The fraction of sp³-hybridized carbons (Fsp3) is 0.444. The van der Waals surface area contributed by atoms with Crippen LogP contribution in [0.15, 0.2) is 33.5 Å². The van der Waals surface area contributed by atoms with E-state index in [1.54, 1.807) is 0 Å². The zero-order chi connectivity index (χ0) is 17.1. The Morgan fingerprint density at radius 2 is 1.88 bits per heavy atom. The van der Waals surface area contributed by atoms with Crippen LogP contribution in [-0.2, 0) is 0 Å². The van der Waals surface area contributed by atoms with Gasteiger partial charge in [-0.3, -0.25) is 4.79 Å². The zero-order valence-electron chi connectivity index (χ0n) is 14.3. The van der Waals surface area contributed by atoms with Crippen LogP contribution in [0, 0.1) is 5.41 Å². The summed E-state index contributed by atoms with van der Waals surface area (Å²) in [6, 6.07) is 7.36. The second-order valence-electron chi connectivity index (χ2n) is 7.43. The first-order valence-electron chi connectivity index (χ1n) is 8.24. The van der Waals surface area contributed by atoms with Crippen molar-refractivity contribution in [3.8, 4) is 11.6 Å². The molecule has 6 nitrogen and oxygen atoms in total. The second-order valence-corrected chi connectivity index (χ2v) is 7.43. The van der Waals surface area contributed by atoms with E-state index in [-0.39, 0.29) is 17.0 Å². The molecule has 3 aromatic rings. The van der Waals surface area contributed by atoms with E-state index in [1.807, 2.05) is 38.1 Å². The molecule has 0 spiro atoms. The summed E-state index contributed by atoms with van der Waals surface area (Å²) in [4.78, 5) is 12.6. The molecule has 0 aliphatic heterocycles. The van der Waals surface area contributed by atoms with E-state index in [2.05, 4.69) is 29.1 Å². The maximum Gasteiger partial charge on any atom is 0.274 e. The molecular formula is C18H20N4O2. The van der Waals surface area contributed by atoms with Crippen LogP contribution >= 0.6 is 0 Å². The van der Waals surface area contributed by atoms with Crippen molar-refractivity contribution in [2.45, 2.75) is 46.1 Å². The normalized spacial score (nSPS) is 19.1. The van der Waals surface area contributed by atoms with Crippen LogP contribution in [0.25, 0.3) is 22.4 Å². The minimum Gasteiger partial charge on any atom is -0.419 e. The highest BCUT2D eigenvalue weighted by Gasteiger charge is 2.50. The number of fused-ring (bicyclic) bond motifs is 1. The molecule has 0 radical (unpaired) electrons. The van der Waals surface area contributed by atoms with E-state index in [0.29, 0.717) is 28.8 Å². The first-order valence-corrected chi connectivity index (χ1v) is 8.24. The van der Waals surface area contributed by atoms with Crippen LogP contribution in [0.2, 0.25) is 0 Å². The minimum atomic E-state index is -0.104.